The summed E-state index contributed by atoms with van der Waals surface area (Å²) < 4.78 is 84.6. The molecule has 0 saturated heterocycles. The Morgan fingerprint density at radius 3 is 1.51 bits per heavy atom. The molecule has 27 heteroatoms. The molecule has 282 valence electrons. The SMILES string of the molecule is C.C.Nc1ccc(F)nc1.Nc1ccc(F)nc1N.Nc1ccc(F)nc1[N+](=O)[O-].O=C(Cc1ccc(F)nc1[N+](=O)[O-])C(F)(F)F.O=CO[O-].[H-].[K+].[K+]. The number of carbonyl (C=O) groups is 2. The summed E-state index contributed by atoms with van der Waals surface area (Å²) in [5, 5.41) is 28.9. The molecule has 0 amide bonds. The zero-order valence-corrected chi connectivity index (χ0v) is 32.1. The summed E-state index contributed by atoms with van der Waals surface area (Å²) in [6.07, 6.45) is -5.06. The number of halogens is 7. The van der Waals surface area contributed by atoms with Crippen molar-refractivity contribution in [2.24, 2.45) is 0 Å². The Hall–Kier alpha value is -3.52. The van der Waals surface area contributed by atoms with Crippen LogP contribution in [0.1, 0.15) is 21.8 Å². The molecule has 18 nitrogen and oxygen atoms in total. The van der Waals surface area contributed by atoms with Crippen molar-refractivity contribution in [3.63, 3.8) is 0 Å². The van der Waals surface area contributed by atoms with Gasteiger partial charge in [0.25, 0.3) is 6.47 Å². The summed E-state index contributed by atoms with van der Waals surface area (Å²) in [5.74, 6) is -7.09. The van der Waals surface area contributed by atoms with Crippen molar-refractivity contribution in [1.82, 2.24) is 19.9 Å². The van der Waals surface area contributed by atoms with Gasteiger partial charge in [-0.05, 0) is 56.2 Å². The maximum absolute atomic E-state index is 12.6. The van der Waals surface area contributed by atoms with E-state index in [0.717, 1.165) is 24.3 Å². The summed E-state index contributed by atoms with van der Waals surface area (Å²) in [6.45, 7) is -0.181. The number of nitrogens with zero attached hydrogens (tertiary/aromatic N) is 6. The first-order chi connectivity index (χ1) is 22.7. The minimum absolute atomic E-state index is 0. The number of nitrogens with two attached hydrogens (primary N) is 4. The smallest absolute Gasteiger partial charge is 1.00 e. The second-order valence-electron chi connectivity index (χ2n) is 7.99. The molecular weight excluding hydrogens is 792 g/mol. The molecule has 0 unspecified atom stereocenters. The average Bonchev–Trinajstić information content (AvgIpc) is 3.03. The number of hydrogen-bond donors (Lipinski definition) is 4. The third kappa shape index (κ3) is 25.2. The van der Waals surface area contributed by atoms with Crippen molar-refractivity contribution in [2.75, 3.05) is 22.9 Å². The van der Waals surface area contributed by atoms with Crippen LogP contribution in [0, 0.1) is 44.0 Å². The number of aromatic nitrogens is 4. The quantitative estimate of drug-likeness (QED) is 0.0308. The van der Waals surface area contributed by atoms with E-state index in [1.807, 2.05) is 0 Å². The number of Topliss-reactive ketones (excluding diaryl/α,β-unsaturated/α-hetero) is 1. The molecule has 8 N–H and O–H groups in total. The first-order valence-corrected chi connectivity index (χ1v) is 12.0. The van der Waals surface area contributed by atoms with Crippen LogP contribution in [0.25, 0.3) is 0 Å². The van der Waals surface area contributed by atoms with Crippen molar-refractivity contribution in [3.05, 3.63) is 104 Å². The van der Waals surface area contributed by atoms with Crippen molar-refractivity contribution in [1.29, 1.82) is 0 Å². The van der Waals surface area contributed by atoms with E-state index < -0.39 is 69.2 Å². The van der Waals surface area contributed by atoms with Gasteiger partial charge in [-0.2, -0.15) is 30.7 Å². The zero-order chi connectivity index (χ0) is 37.9. The number of alkyl halides is 3. The fourth-order valence-corrected chi connectivity index (χ4v) is 2.45. The van der Waals surface area contributed by atoms with Gasteiger partial charge in [-0.1, -0.05) is 14.9 Å². The second-order valence-corrected chi connectivity index (χ2v) is 7.99. The van der Waals surface area contributed by atoms with E-state index >= 15 is 0 Å². The minimum Gasteiger partial charge on any atom is -1.00 e. The van der Waals surface area contributed by atoms with Gasteiger partial charge >= 0.3 is 132 Å². The first kappa shape index (κ1) is 58.8. The van der Waals surface area contributed by atoms with E-state index in [4.69, 9.17) is 33.0 Å². The summed E-state index contributed by atoms with van der Waals surface area (Å²) >= 11 is 0. The molecule has 4 heterocycles. The van der Waals surface area contributed by atoms with Crippen molar-refractivity contribution >= 4 is 46.8 Å². The number of anilines is 4. The maximum atomic E-state index is 12.6. The third-order valence-electron chi connectivity index (χ3n) is 4.52. The van der Waals surface area contributed by atoms with Crippen LogP contribution in [0.5, 0.6) is 0 Å². The van der Waals surface area contributed by atoms with Crippen molar-refractivity contribution in [3.8, 4) is 0 Å². The number of nitrogen functional groups attached to an aromatic ring is 4. The molecule has 0 aromatic carbocycles. The van der Waals surface area contributed by atoms with Gasteiger partial charge in [0.05, 0.1) is 23.1 Å². The predicted octanol–water partition coefficient (Wildman–Crippen LogP) is -2.47. The van der Waals surface area contributed by atoms with Crippen LogP contribution in [0.2, 0.25) is 0 Å². The summed E-state index contributed by atoms with van der Waals surface area (Å²) in [6, 6.07) is 8.64. The van der Waals surface area contributed by atoms with Crippen LogP contribution in [0.15, 0.2) is 54.7 Å². The van der Waals surface area contributed by atoms with Crippen LogP contribution in [-0.2, 0) is 20.9 Å². The van der Waals surface area contributed by atoms with E-state index in [1.54, 1.807) is 0 Å². The molecule has 0 spiro atoms. The predicted molar refractivity (Wildman–Crippen MR) is 164 cm³/mol. The van der Waals surface area contributed by atoms with Gasteiger partial charge in [-0.25, -0.2) is 9.97 Å². The molecule has 0 aliphatic heterocycles. The maximum Gasteiger partial charge on any atom is 1.00 e. The van der Waals surface area contributed by atoms with Crippen molar-refractivity contribution in [2.45, 2.75) is 27.5 Å². The standard InChI is InChI=1S/C8H4F4N2O3.C5H4FN3O2.C5H6FN3.C5H5FN2.CH2O3.2CH4.2K.H/c9-6-2-1-4(7(13-6)14(16)17)3-5(15)8(10,11)12;6-4-2-1-3(7)5(8-4)9(10)11;6-4-2-1-3(7)5(8)9-4;6-5-2-1-4(7)3-8-5;2-1-4-3;;;;;/h1-2H,3H2;1-2H,7H2;1-2H,7H2,(H2,8,9);1-3H,7H2;1,3H;2*1H4;;;/q;;;;;;;2*+1;-1/p-1. The topological polar surface area (TPSA) is 308 Å². The van der Waals surface area contributed by atoms with E-state index in [9.17, 15) is 55.8 Å². The van der Waals surface area contributed by atoms with Crippen LogP contribution in [0.4, 0.5) is 65.2 Å². The zero-order valence-electron chi connectivity index (χ0n) is 26.9. The fourth-order valence-electron chi connectivity index (χ4n) is 2.45. The van der Waals surface area contributed by atoms with Gasteiger partial charge in [-0.15, -0.1) is 0 Å². The Morgan fingerprint density at radius 1 is 0.755 bits per heavy atom. The monoisotopic (exact) mass is 820 g/mol. The molecule has 0 bridgehead atoms. The molecule has 0 atom stereocenters. The Balaban J connectivity index is -0.000000138. The van der Waals surface area contributed by atoms with Crippen molar-refractivity contribution < 1.29 is 165 Å². The van der Waals surface area contributed by atoms with E-state index in [1.165, 1.54) is 24.4 Å². The number of rotatable bonds is 5. The van der Waals surface area contributed by atoms with Gasteiger partial charge in [0, 0.05) is 18.6 Å². The minimum atomic E-state index is -5.09. The largest absolute Gasteiger partial charge is 1.00 e. The van der Waals surface area contributed by atoms with E-state index in [-0.39, 0.29) is 137 Å². The summed E-state index contributed by atoms with van der Waals surface area (Å²) in [5.41, 5.74) is 20.7. The van der Waals surface area contributed by atoms with Gasteiger partial charge in [-0.3, -0.25) is 9.59 Å². The molecule has 4 rings (SSSR count). The van der Waals surface area contributed by atoms with Gasteiger partial charge < -0.3 is 54.7 Å². The normalized spacial score (nSPS) is 8.98. The Bertz CT molecular complexity index is 1720. The van der Waals surface area contributed by atoms with E-state index in [2.05, 4.69) is 24.8 Å². The third-order valence-corrected chi connectivity index (χ3v) is 4.52. The van der Waals surface area contributed by atoms with Gasteiger partial charge in [0.15, 0.2) is 0 Å². The van der Waals surface area contributed by atoms with Crippen LogP contribution >= 0.6 is 0 Å². The van der Waals surface area contributed by atoms with Gasteiger partial charge in [0.2, 0.25) is 17.7 Å². The van der Waals surface area contributed by atoms with Crippen LogP contribution in [0.3, 0.4) is 0 Å². The molecule has 0 fully saturated rings. The number of hydrogen-bond acceptors (Lipinski definition) is 16. The number of pyridine rings is 4. The Morgan fingerprint density at radius 2 is 1.17 bits per heavy atom. The van der Waals surface area contributed by atoms with Gasteiger partial charge in [0.1, 0.15) is 11.5 Å². The molecule has 53 heavy (non-hydrogen) atoms. The molecule has 0 radical (unpaired) electrons. The second kappa shape index (κ2) is 29.9. The fraction of sp³-hybridized carbons (Fsp3) is 0.154. The van der Waals surface area contributed by atoms with E-state index in [0.29, 0.717) is 17.4 Å². The number of carbonyl (C=O) groups excluding carboxylic acids is 2. The van der Waals surface area contributed by atoms with Crippen LogP contribution in [-0.4, -0.2) is 48.2 Å². The molecule has 4 aromatic heterocycles. The number of nitro groups is 2. The first-order valence-electron chi connectivity index (χ1n) is 12.0. The molecule has 0 aliphatic carbocycles. The molecular formula is C26H29F7K2N10O8. The average molecular weight is 821 g/mol. The molecule has 4 aromatic rings. The summed E-state index contributed by atoms with van der Waals surface area (Å²) in [7, 11) is 0. The Labute approximate surface area is 381 Å². The molecule has 0 saturated carbocycles. The number of ketones is 1. The molecule has 0 aliphatic rings. The van der Waals surface area contributed by atoms with Crippen LogP contribution < -0.4 is 131 Å². The Kier molecular flexibility index (Phi) is 33.1. The summed E-state index contributed by atoms with van der Waals surface area (Å²) in [4.78, 5) is 52.7.